The molecule has 1 aromatic rings. The van der Waals surface area contributed by atoms with Crippen molar-refractivity contribution in [2.45, 2.75) is 31.2 Å². The van der Waals surface area contributed by atoms with E-state index >= 15 is 0 Å². The molecule has 0 aromatic heterocycles. The Kier molecular flexibility index (Phi) is 4.48. The van der Waals surface area contributed by atoms with Gasteiger partial charge in [-0.2, -0.15) is 0 Å². The van der Waals surface area contributed by atoms with E-state index in [1.165, 1.54) is 10.6 Å². The molecule has 1 N–H and O–H groups in total. The molecule has 26 heavy (non-hydrogen) atoms. The number of anilines is 1. The van der Waals surface area contributed by atoms with E-state index in [9.17, 15) is 9.59 Å². The molecule has 0 radical (unpaired) electrons. The molecule has 4 rings (SSSR count). The first-order valence-electron chi connectivity index (χ1n) is 9.37. The summed E-state index contributed by atoms with van der Waals surface area (Å²) in [5.41, 5.74) is 0.562. The van der Waals surface area contributed by atoms with Gasteiger partial charge in [0.25, 0.3) is 5.91 Å². The van der Waals surface area contributed by atoms with Gasteiger partial charge in [0.1, 0.15) is 11.3 Å². The van der Waals surface area contributed by atoms with Gasteiger partial charge < -0.3 is 15.0 Å². The maximum atomic E-state index is 12.8. The second kappa shape index (κ2) is 6.79. The lowest BCUT2D eigenvalue weighted by Crippen LogP contribution is -2.52. The van der Waals surface area contributed by atoms with E-state index in [4.69, 9.17) is 4.74 Å². The van der Waals surface area contributed by atoms with Crippen LogP contribution in [0.15, 0.2) is 24.3 Å². The fraction of sp³-hybridized carbons (Fsp3) is 0.579. The summed E-state index contributed by atoms with van der Waals surface area (Å²) in [6.07, 6.45) is 3.58. The van der Waals surface area contributed by atoms with Gasteiger partial charge in [0, 0.05) is 31.9 Å². The first-order valence-corrected chi connectivity index (χ1v) is 9.37. The number of benzene rings is 1. The molecule has 2 saturated heterocycles. The van der Waals surface area contributed by atoms with Crippen molar-refractivity contribution < 1.29 is 14.3 Å². The van der Waals surface area contributed by atoms with Gasteiger partial charge in [-0.25, -0.2) is 9.69 Å². The number of hydrogen-bond acceptors (Lipinski definition) is 5. The number of methoxy groups -OCH3 is 1. The van der Waals surface area contributed by atoms with Crippen molar-refractivity contribution in [2.75, 3.05) is 44.9 Å². The normalized spacial score (nSPS) is 23.0. The maximum Gasteiger partial charge on any atom is 0.326 e. The number of carbonyl (C=O) groups excluding carboxylic acids is 2. The highest BCUT2D eigenvalue weighted by Crippen LogP contribution is 2.35. The van der Waals surface area contributed by atoms with E-state index in [0.717, 1.165) is 57.6 Å². The standard InChI is InChI=1S/C19H26N4O3/c1-26-16-6-4-15(5-7-16)22-12-10-21(11-13-22)14-23-17(24)19(20-18(23)25)8-2-3-9-19/h4-7H,2-3,8-14H2,1H3,(H,20,25). The van der Waals surface area contributed by atoms with Gasteiger partial charge in [-0.1, -0.05) is 12.8 Å². The van der Waals surface area contributed by atoms with Crippen LogP contribution in [-0.2, 0) is 4.79 Å². The van der Waals surface area contributed by atoms with Crippen LogP contribution < -0.4 is 15.0 Å². The summed E-state index contributed by atoms with van der Waals surface area (Å²) in [5, 5.41) is 2.95. The van der Waals surface area contributed by atoms with Crippen LogP contribution in [0.1, 0.15) is 25.7 Å². The monoisotopic (exact) mass is 358 g/mol. The predicted molar refractivity (Wildman–Crippen MR) is 98.2 cm³/mol. The lowest BCUT2D eigenvalue weighted by atomic mass is 9.98. The fourth-order valence-corrected chi connectivity index (χ4v) is 4.26. The van der Waals surface area contributed by atoms with E-state index in [-0.39, 0.29) is 11.9 Å². The van der Waals surface area contributed by atoms with Gasteiger partial charge >= 0.3 is 6.03 Å². The van der Waals surface area contributed by atoms with Crippen LogP contribution in [0.25, 0.3) is 0 Å². The molecule has 0 atom stereocenters. The number of amides is 3. The molecule has 2 aliphatic heterocycles. The molecule has 3 aliphatic rings. The van der Waals surface area contributed by atoms with Crippen molar-refractivity contribution in [3.63, 3.8) is 0 Å². The first kappa shape index (κ1) is 17.1. The molecule has 1 spiro atoms. The molecule has 0 bridgehead atoms. The van der Waals surface area contributed by atoms with Crippen molar-refractivity contribution in [1.82, 2.24) is 15.1 Å². The van der Waals surface area contributed by atoms with E-state index < -0.39 is 5.54 Å². The number of rotatable bonds is 4. The smallest absolute Gasteiger partial charge is 0.326 e. The van der Waals surface area contributed by atoms with Crippen LogP contribution in [0.5, 0.6) is 5.75 Å². The number of nitrogens with one attached hydrogen (secondary N) is 1. The molecular weight excluding hydrogens is 332 g/mol. The number of ether oxygens (including phenoxy) is 1. The number of piperazine rings is 1. The summed E-state index contributed by atoms with van der Waals surface area (Å²) in [6.45, 7) is 3.80. The Morgan fingerprint density at radius 1 is 1.04 bits per heavy atom. The zero-order valence-electron chi connectivity index (χ0n) is 15.2. The highest BCUT2D eigenvalue weighted by Gasteiger charge is 2.52. The van der Waals surface area contributed by atoms with Crippen molar-refractivity contribution >= 4 is 17.6 Å². The van der Waals surface area contributed by atoms with Gasteiger partial charge in [0.15, 0.2) is 0 Å². The third kappa shape index (κ3) is 3.00. The number of urea groups is 1. The number of carbonyl (C=O) groups is 2. The Bertz CT molecular complexity index is 677. The molecule has 7 nitrogen and oxygen atoms in total. The zero-order chi connectivity index (χ0) is 18.1. The molecule has 1 aliphatic carbocycles. The summed E-state index contributed by atoms with van der Waals surface area (Å²) in [5.74, 6) is 0.823. The summed E-state index contributed by atoms with van der Waals surface area (Å²) < 4.78 is 5.21. The summed E-state index contributed by atoms with van der Waals surface area (Å²) in [7, 11) is 1.67. The zero-order valence-corrected chi connectivity index (χ0v) is 15.2. The quantitative estimate of drug-likeness (QED) is 0.829. The van der Waals surface area contributed by atoms with Gasteiger partial charge in [0.2, 0.25) is 0 Å². The summed E-state index contributed by atoms with van der Waals surface area (Å²) >= 11 is 0. The van der Waals surface area contributed by atoms with E-state index in [2.05, 4.69) is 27.2 Å². The Hall–Kier alpha value is -2.28. The van der Waals surface area contributed by atoms with Crippen molar-refractivity contribution in [3.05, 3.63) is 24.3 Å². The fourth-order valence-electron chi connectivity index (χ4n) is 4.26. The predicted octanol–water partition coefficient (Wildman–Crippen LogP) is 1.64. The molecule has 3 amide bonds. The maximum absolute atomic E-state index is 12.8. The van der Waals surface area contributed by atoms with Gasteiger partial charge in [-0.05, 0) is 37.1 Å². The SMILES string of the molecule is COc1ccc(N2CCN(CN3C(=O)NC4(CCCC4)C3=O)CC2)cc1. The minimum Gasteiger partial charge on any atom is -0.497 e. The van der Waals surface area contributed by atoms with Crippen LogP contribution in [0.4, 0.5) is 10.5 Å². The topological polar surface area (TPSA) is 65.1 Å². The van der Waals surface area contributed by atoms with Crippen LogP contribution >= 0.6 is 0 Å². The number of imide groups is 1. The Morgan fingerprint density at radius 3 is 2.31 bits per heavy atom. The number of nitrogens with zero attached hydrogens (tertiary/aromatic N) is 3. The average Bonchev–Trinajstić information content (AvgIpc) is 3.23. The van der Waals surface area contributed by atoms with Gasteiger partial charge in [0.05, 0.1) is 13.8 Å². The molecule has 3 fully saturated rings. The molecule has 7 heteroatoms. The van der Waals surface area contributed by atoms with Crippen molar-refractivity contribution in [3.8, 4) is 5.75 Å². The highest BCUT2D eigenvalue weighted by molar-refractivity contribution is 6.07. The van der Waals surface area contributed by atoms with Crippen molar-refractivity contribution in [1.29, 1.82) is 0 Å². The molecule has 0 unspecified atom stereocenters. The second-order valence-electron chi connectivity index (χ2n) is 7.40. The molecular formula is C19H26N4O3. The Labute approximate surface area is 153 Å². The average molecular weight is 358 g/mol. The van der Waals surface area contributed by atoms with E-state index in [1.54, 1.807) is 7.11 Å². The Morgan fingerprint density at radius 2 is 1.69 bits per heavy atom. The van der Waals surface area contributed by atoms with Crippen LogP contribution in [0.2, 0.25) is 0 Å². The van der Waals surface area contributed by atoms with Gasteiger partial charge in [-0.15, -0.1) is 0 Å². The van der Waals surface area contributed by atoms with Crippen molar-refractivity contribution in [2.24, 2.45) is 0 Å². The third-order valence-corrected chi connectivity index (χ3v) is 5.85. The summed E-state index contributed by atoms with van der Waals surface area (Å²) in [4.78, 5) is 31.0. The third-order valence-electron chi connectivity index (χ3n) is 5.85. The molecule has 1 aromatic carbocycles. The highest BCUT2D eigenvalue weighted by atomic mass is 16.5. The van der Waals surface area contributed by atoms with Crippen LogP contribution in [-0.4, -0.2) is 67.2 Å². The minimum atomic E-state index is -0.609. The van der Waals surface area contributed by atoms with Crippen LogP contribution in [0, 0.1) is 0 Å². The first-order chi connectivity index (χ1) is 12.6. The molecule has 2 heterocycles. The lowest BCUT2D eigenvalue weighted by molar-refractivity contribution is -0.132. The number of hydrogen-bond donors (Lipinski definition) is 1. The van der Waals surface area contributed by atoms with E-state index in [1.807, 2.05) is 12.1 Å². The van der Waals surface area contributed by atoms with Crippen LogP contribution in [0.3, 0.4) is 0 Å². The second-order valence-corrected chi connectivity index (χ2v) is 7.40. The minimum absolute atomic E-state index is 0.0300. The van der Waals surface area contributed by atoms with E-state index in [0.29, 0.717) is 6.67 Å². The summed E-state index contributed by atoms with van der Waals surface area (Å²) in [6, 6.07) is 7.84. The largest absolute Gasteiger partial charge is 0.497 e. The van der Waals surface area contributed by atoms with Gasteiger partial charge in [-0.3, -0.25) is 9.69 Å². The molecule has 140 valence electrons. The lowest BCUT2D eigenvalue weighted by Gasteiger charge is -2.37. The molecule has 1 saturated carbocycles. The Balaban J connectivity index is 1.33.